The Morgan fingerprint density at radius 2 is 2.07 bits per heavy atom. The van der Waals surface area contributed by atoms with Crippen molar-refractivity contribution in [2.45, 2.75) is 0 Å². The van der Waals surface area contributed by atoms with Crippen LogP contribution in [-0.2, 0) is 0 Å². The standard InChI is InChI=1S/C8H3ClINO3/c9-3-1-4-6(5(10)2-3)11-8(13)14-7(4)12/h1-2H,(H,11,13). The van der Waals surface area contributed by atoms with Gasteiger partial charge in [0.25, 0.3) is 0 Å². The molecule has 0 fully saturated rings. The van der Waals surface area contributed by atoms with Gasteiger partial charge in [-0.1, -0.05) is 11.6 Å². The van der Waals surface area contributed by atoms with Gasteiger partial charge in [0.05, 0.1) is 10.9 Å². The number of rotatable bonds is 0. The summed E-state index contributed by atoms with van der Waals surface area (Å²) in [5.41, 5.74) is -0.222. The van der Waals surface area contributed by atoms with Crippen molar-refractivity contribution in [1.29, 1.82) is 0 Å². The van der Waals surface area contributed by atoms with Gasteiger partial charge in [0, 0.05) is 8.59 Å². The van der Waals surface area contributed by atoms with Crippen molar-refractivity contribution in [2.24, 2.45) is 0 Å². The first-order valence-electron chi connectivity index (χ1n) is 3.60. The number of hydrogen-bond donors (Lipinski definition) is 1. The highest BCUT2D eigenvalue weighted by Crippen LogP contribution is 2.20. The molecule has 0 spiro atoms. The fourth-order valence-corrected chi connectivity index (χ4v) is 2.29. The highest BCUT2D eigenvalue weighted by molar-refractivity contribution is 14.1. The highest BCUT2D eigenvalue weighted by Gasteiger charge is 2.06. The lowest BCUT2D eigenvalue weighted by molar-refractivity contribution is 0.460. The molecule has 2 rings (SSSR count). The topological polar surface area (TPSA) is 63.1 Å². The summed E-state index contributed by atoms with van der Waals surface area (Å²) in [4.78, 5) is 24.6. The molecule has 0 aliphatic rings. The molecular formula is C8H3ClINO3. The Morgan fingerprint density at radius 3 is 2.79 bits per heavy atom. The van der Waals surface area contributed by atoms with Gasteiger partial charge < -0.3 is 4.42 Å². The monoisotopic (exact) mass is 323 g/mol. The van der Waals surface area contributed by atoms with Gasteiger partial charge in [0.15, 0.2) is 0 Å². The number of benzene rings is 1. The maximum absolute atomic E-state index is 11.3. The minimum absolute atomic E-state index is 0.279. The Kier molecular flexibility index (Phi) is 2.36. The van der Waals surface area contributed by atoms with Crippen LogP contribution in [0, 0.1) is 3.57 Å². The van der Waals surface area contributed by atoms with Crippen LogP contribution in [0.5, 0.6) is 0 Å². The van der Waals surface area contributed by atoms with Crippen LogP contribution in [0.15, 0.2) is 26.1 Å². The fraction of sp³-hybridized carbons (Fsp3) is 0. The van der Waals surface area contributed by atoms with Crippen LogP contribution in [0.25, 0.3) is 10.9 Å². The van der Waals surface area contributed by atoms with E-state index in [1.54, 1.807) is 6.07 Å². The van der Waals surface area contributed by atoms with Crippen LogP contribution in [0.1, 0.15) is 0 Å². The average molecular weight is 323 g/mol. The summed E-state index contributed by atoms with van der Waals surface area (Å²) in [7, 11) is 0. The number of hydrogen-bond acceptors (Lipinski definition) is 3. The van der Waals surface area contributed by atoms with E-state index < -0.39 is 11.4 Å². The largest absolute Gasteiger partial charge is 0.419 e. The third-order valence-corrected chi connectivity index (χ3v) is 2.76. The van der Waals surface area contributed by atoms with Gasteiger partial charge in [0.2, 0.25) is 0 Å². The third kappa shape index (κ3) is 1.57. The summed E-state index contributed by atoms with van der Waals surface area (Å²) in [6.07, 6.45) is 0. The predicted octanol–water partition coefficient (Wildman–Crippen LogP) is 1.74. The van der Waals surface area contributed by atoms with Gasteiger partial charge in [-0.2, -0.15) is 0 Å². The molecule has 6 heteroatoms. The second kappa shape index (κ2) is 3.39. The van der Waals surface area contributed by atoms with E-state index in [0.29, 0.717) is 14.1 Å². The molecule has 1 aromatic heterocycles. The molecule has 0 saturated heterocycles. The minimum atomic E-state index is -0.761. The van der Waals surface area contributed by atoms with Gasteiger partial charge in [-0.15, -0.1) is 0 Å². The molecule has 2 aromatic rings. The molecule has 0 aliphatic heterocycles. The molecule has 0 radical (unpaired) electrons. The third-order valence-electron chi connectivity index (χ3n) is 1.69. The highest BCUT2D eigenvalue weighted by atomic mass is 127. The van der Waals surface area contributed by atoms with Crippen molar-refractivity contribution in [1.82, 2.24) is 4.98 Å². The zero-order valence-electron chi connectivity index (χ0n) is 6.64. The molecule has 0 unspecified atom stereocenters. The molecule has 0 bridgehead atoms. The first-order valence-corrected chi connectivity index (χ1v) is 5.06. The van der Waals surface area contributed by atoms with Gasteiger partial charge in [0.1, 0.15) is 0 Å². The zero-order valence-corrected chi connectivity index (χ0v) is 9.55. The maximum atomic E-state index is 11.3. The van der Waals surface area contributed by atoms with Crippen LogP contribution in [-0.4, -0.2) is 4.98 Å². The number of halogens is 2. The average Bonchev–Trinajstić information content (AvgIpc) is 2.07. The fourth-order valence-electron chi connectivity index (χ4n) is 1.13. The molecule has 0 aliphatic carbocycles. The van der Waals surface area contributed by atoms with E-state index in [1.165, 1.54) is 6.07 Å². The van der Waals surface area contributed by atoms with E-state index in [9.17, 15) is 9.59 Å². The maximum Gasteiger partial charge on any atom is 0.419 e. The second-order valence-electron chi connectivity index (χ2n) is 2.61. The Labute approximate surface area is 96.0 Å². The normalized spacial score (nSPS) is 10.7. The van der Waals surface area contributed by atoms with Crippen LogP contribution in [0.4, 0.5) is 0 Å². The predicted molar refractivity (Wildman–Crippen MR) is 60.8 cm³/mol. The van der Waals surface area contributed by atoms with E-state index in [-0.39, 0.29) is 5.39 Å². The molecule has 1 N–H and O–H groups in total. The van der Waals surface area contributed by atoms with Gasteiger partial charge in [-0.05, 0) is 34.7 Å². The van der Waals surface area contributed by atoms with Crippen LogP contribution >= 0.6 is 34.2 Å². The zero-order chi connectivity index (χ0) is 10.3. The van der Waals surface area contributed by atoms with Crippen molar-refractivity contribution in [3.8, 4) is 0 Å². The molecule has 14 heavy (non-hydrogen) atoms. The molecule has 1 heterocycles. The van der Waals surface area contributed by atoms with Crippen molar-refractivity contribution in [3.63, 3.8) is 0 Å². The lowest BCUT2D eigenvalue weighted by Crippen LogP contribution is -2.15. The number of fused-ring (bicyclic) bond motifs is 1. The Morgan fingerprint density at radius 1 is 1.36 bits per heavy atom. The number of H-pyrrole nitrogens is 1. The summed E-state index contributed by atoms with van der Waals surface area (Å²) in [5, 5.41) is 0.711. The SMILES string of the molecule is O=c1[nH]c2c(I)cc(Cl)cc2c(=O)o1. The van der Waals surface area contributed by atoms with Crippen molar-refractivity contribution in [3.05, 3.63) is 41.7 Å². The number of aromatic nitrogens is 1. The van der Waals surface area contributed by atoms with E-state index in [4.69, 9.17) is 11.6 Å². The Balaban J connectivity index is 3.10. The molecule has 72 valence electrons. The van der Waals surface area contributed by atoms with Crippen LogP contribution in [0.2, 0.25) is 5.02 Å². The smallest absolute Gasteiger partial charge is 0.372 e. The van der Waals surface area contributed by atoms with Gasteiger partial charge >= 0.3 is 11.4 Å². The van der Waals surface area contributed by atoms with E-state index in [0.717, 1.165) is 0 Å². The first kappa shape index (κ1) is 9.72. The molecular weight excluding hydrogens is 320 g/mol. The minimum Gasteiger partial charge on any atom is -0.372 e. The number of nitrogens with one attached hydrogen (secondary N) is 1. The van der Waals surface area contributed by atoms with E-state index in [2.05, 4.69) is 9.40 Å². The number of aromatic amines is 1. The molecule has 1 aromatic carbocycles. The molecule has 0 saturated carbocycles. The van der Waals surface area contributed by atoms with Crippen molar-refractivity contribution < 1.29 is 4.42 Å². The van der Waals surface area contributed by atoms with E-state index >= 15 is 0 Å². The summed E-state index contributed by atoms with van der Waals surface area (Å²) < 4.78 is 5.08. The summed E-state index contributed by atoms with van der Waals surface area (Å²) in [6, 6.07) is 3.11. The second-order valence-corrected chi connectivity index (χ2v) is 4.21. The summed E-state index contributed by atoms with van der Waals surface area (Å²) >= 11 is 7.74. The Bertz CT molecular complexity index is 616. The Hall–Kier alpha value is -0.820. The first-order chi connectivity index (χ1) is 6.58. The van der Waals surface area contributed by atoms with Gasteiger partial charge in [-0.25, -0.2) is 9.59 Å². The lowest BCUT2D eigenvalue weighted by atomic mass is 10.2. The van der Waals surface area contributed by atoms with Gasteiger partial charge in [-0.3, -0.25) is 4.98 Å². The van der Waals surface area contributed by atoms with Crippen LogP contribution < -0.4 is 11.4 Å². The summed E-state index contributed by atoms with van der Waals surface area (Å²) in [6.45, 7) is 0. The lowest BCUT2D eigenvalue weighted by Gasteiger charge is -1.98. The molecule has 0 atom stereocenters. The summed E-state index contributed by atoms with van der Waals surface area (Å²) in [5.74, 6) is -0.761. The molecule has 0 amide bonds. The van der Waals surface area contributed by atoms with Crippen molar-refractivity contribution in [2.75, 3.05) is 0 Å². The van der Waals surface area contributed by atoms with E-state index in [1.807, 2.05) is 22.6 Å². The quantitative estimate of drug-likeness (QED) is 0.751. The van der Waals surface area contributed by atoms with Crippen LogP contribution in [0.3, 0.4) is 0 Å². The molecule has 4 nitrogen and oxygen atoms in total. The van der Waals surface area contributed by atoms with Crippen molar-refractivity contribution >= 4 is 45.1 Å².